The molecule has 18 heavy (non-hydrogen) atoms. The third kappa shape index (κ3) is 2.62. The molecule has 2 rings (SSSR count). The highest BCUT2D eigenvalue weighted by atomic mass is 79.9. The number of nitrogens with zero attached hydrogens (tertiary/aromatic N) is 2. The molecule has 0 radical (unpaired) electrons. The van der Waals surface area contributed by atoms with Gasteiger partial charge < -0.3 is 10.3 Å². The van der Waals surface area contributed by atoms with Gasteiger partial charge in [-0.15, -0.1) is 0 Å². The van der Waals surface area contributed by atoms with Gasteiger partial charge in [-0.2, -0.15) is 0 Å². The molecule has 0 aliphatic heterocycles. The molecule has 0 aliphatic carbocycles. The molecule has 96 valence electrons. The fraction of sp³-hybridized carbons (Fsp3) is 0.308. The van der Waals surface area contributed by atoms with Gasteiger partial charge in [0.2, 0.25) is 0 Å². The molecule has 5 heteroatoms. The van der Waals surface area contributed by atoms with Crippen molar-refractivity contribution >= 4 is 15.9 Å². The van der Waals surface area contributed by atoms with Crippen LogP contribution in [0, 0.1) is 5.82 Å². The van der Waals surface area contributed by atoms with Gasteiger partial charge in [-0.3, -0.25) is 0 Å². The quantitative estimate of drug-likeness (QED) is 0.943. The number of rotatable bonds is 4. The fourth-order valence-corrected chi connectivity index (χ4v) is 2.62. The van der Waals surface area contributed by atoms with Crippen molar-refractivity contribution < 1.29 is 4.39 Å². The van der Waals surface area contributed by atoms with Crippen LogP contribution in [0.2, 0.25) is 0 Å². The summed E-state index contributed by atoms with van der Waals surface area (Å²) in [6.45, 7) is 2.87. The second-order valence-electron chi connectivity index (χ2n) is 4.08. The lowest BCUT2D eigenvalue weighted by Gasteiger charge is -2.15. The van der Waals surface area contributed by atoms with E-state index in [-0.39, 0.29) is 5.82 Å². The van der Waals surface area contributed by atoms with E-state index in [1.807, 2.05) is 17.7 Å². The van der Waals surface area contributed by atoms with Gasteiger partial charge in [-0.05, 0) is 19.1 Å². The summed E-state index contributed by atoms with van der Waals surface area (Å²) in [5.41, 5.74) is 6.59. The second kappa shape index (κ2) is 5.63. The third-order valence-corrected chi connectivity index (χ3v) is 3.61. The van der Waals surface area contributed by atoms with Crippen LogP contribution < -0.4 is 5.73 Å². The number of aryl methyl sites for hydroxylation is 1. The van der Waals surface area contributed by atoms with E-state index in [1.54, 1.807) is 18.3 Å². The maximum absolute atomic E-state index is 13.8. The number of aromatic nitrogens is 2. The van der Waals surface area contributed by atoms with Gasteiger partial charge in [-0.1, -0.05) is 22.0 Å². The summed E-state index contributed by atoms with van der Waals surface area (Å²) in [6.07, 6.45) is 4.15. The number of nitrogens with two attached hydrogens (primary N) is 1. The molecule has 0 spiro atoms. The van der Waals surface area contributed by atoms with Crippen LogP contribution in [0.5, 0.6) is 0 Å². The molecule has 0 saturated carbocycles. The third-order valence-electron chi connectivity index (χ3n) is 2.92. The Morgan fingerprint density at radius 2 is 2.28 bits per heavy atom. The summed E-state index contributed by atoms with van der Waals surface area (Å²) in [5, 5.41) is 0. The lowest BCUT2D eigenvalue weighted by molar-refractivity contribution is 0.562. The van der Waals surface area contributed by atoms with Crippen LogP contribution in [0.15, 0.2) is 35.1 Å². The highest BCUT2D eigenvalue weighted by molar-refractivity contribution is 9.10. The van der Waals surface area contributed by atoms with Gasteiger partial charge in [0.05, 0.1) is 0 Å². The van der Waals surface area contributed by atoms with E-state index < -0.39 is 6.04 Å². The number of benzene rings is 1. The van der Waals surface area contributed by atoms with E-state index in [1.165, 1.54) is 6.07 Å². The molecule has 1 atom stereocenters. The lowest BCUT2D eigenvalue weighted by atomic mass is 10.0. The summed E-state index contributed by atoms with van der Waals surface area (Å²) in [5.74, 6) is 0.589. The Bertz CT molecular complexity index is 519. The minimum absolute atomic E-state index is 0.286. The Morgan fingerprint density at radius 3 is 2.94 bits per heavy atom. The minimum Gasteiger partial charge on any atom is -0.335 e. The molecule has 0 fully saturated rings. The van der Waals surface area contributed by atoms with Crippen LogP contribution in [0.25, 0.3) is 0 Å². The van der Waals surface area contributed by atoms with Crippen molar-refractivity contribution in [3.8, 4) is 0 Å². The standard InChI is InChI=1S/C13H15BrFN3/c1-2-18-7-6-17-12(18)8-11(16)13-9(14)4-3-5-10(13)15/h3-7,11H,2,8,16H2,1H3. The number of hydrogen-bond donors (Lipinski definition) is 1. The van der Waals surface area contributed by atoms with Gasteiger partial charge in [0.25, 0.3) is 0 Å². The van der Waals surface area contributed by atoms with E-state index in [9.17, 15) is 4.39 Å². The van der Waals surface area contributed by atoms with E-state index in [0.29, 0.717) is 16.5 Å². The maximum Gasteiger partial charge on any atom is 0.129 e. The van der Waals surface area contributed by atoms with Crippen molar-refractivity contribution in [2.45, 2.75) is 25.9 Å². The van der Waals surface area contributed by atoms with E-state index in [2.05, 4.69) is 20.9 Å². The van der Waals surface area contributed by atoms with E-state index in [0.717, 1.165) is 12.4 Å². The molecule has 0 amide bonds. The molecule has 3 nitrogen and oxygen atoms in total. The van der Waals surface area contributed by atoms with Crippen LogP contribution >= 0.6 is 15.9 Å². The first-order chi connectivity index (χ1) is 8.63. The van der Waals surface area contributed by atoms with Crippen LogP contribution in [0.3, 0.4) is 0 Å². The summed E-state index contributed by atoms with van der Waals surface area (Å²) >= 11 is 3.34. The molecule has 0 aliphatic rings. The predicted molar refractivity (Wildman–Crippen MR) is 72.6 cm³/mol. The van der Waals surface area contributed by atoms with Crippen molar-refractivity contribution in [2.24, 2.45) is 5.73 Å². The monoisotopic (exact) mass is 311 g/mol. The maximum atomic E-state index is 13.8. The molecule has 2 N–H and O–H groups in total. The van der Waals surface area contributed by atoms with Gasteiger partial charge in [-0.25, -0.2) is 9.37 Å². The molecule has 1 unspecified atom stereocenters. The normalized spacial score (nSPS) is 12.7. The Hall–Kier alpha value is -1.20. The smallest absolute Gasteiger partial charge is 0.129 e. The molecule has 2 aromatic rings. The number of imidazole rings is 1. The van der Waals surface area contributed by atoms with Crippen LogP contribution in [0.4, 0.5) is 4.39 Å². The summed E-state index contributed by atoms with van der Waals surface area (Å²) in [4.78, 5) is 4.26. The van der Waals surface area contributed by atoms with Gasteiger partial charge >= 0.3 is 0 Å². The topological polar surface area (TPSA) is 43.8 Å². The summed E-state index contributed by atoms with van der Waals surface area (Å²) < 4.78 is 16.5. The Kier molecular flexibility index (Phi) is 4.14. The van der Waals surface area contributed by atoms with Crippen molar-refractivity contribution in [1.29, 1.82) is 0 Å². The highest BCUT2D eigenvalue weighted by Gasteiger charge is 2.17. The van der Waals surface area contributed by atoms with Crippen LogP contribution in [-0.4, -0.2) is 9.55 Å². The first kappa shape index (κ1) is 13.2. The van der Waals surface area contributed by atoms with Crippen LogP contribution in [-0.2, 0) is 13.0 Å². The molecule has 1 aromatic heterocycles. The molecule has 1 heterocycles. The molecular formula is C13H15BrFN3. The highest BCUT2D eigenvalue weighted by Crippen LogP contribution is 2.26. The predicted octanol–water partition coefficient (Wildman–Crippen LogP) is 3.05. The zero-order chi connectivity index (χ0) is 13.1. The van der Waals surface area contributed by atoms with Crippen LogP contribution in [0.1, 0.15) is 24.4 Å². The SMILES string of the molecule is CCn1ccnc1CC(N)c1c(F)cccc1Br. The van der Waals surface area contributed by atoms with Crippen molar-refractivity contribution in [3.05, 3.63) is 52.3 Å². The minimum atomic E-state index is -0.409. The average molecular weight is 312 g/mol. The Morgan fingerprint density at radius 1 is 1.50 bits per heavy atom. The summed E-state index contributed by atoms with van der Waals surface area (Å²) in [6, 6.07) is 4.47. The lowest BCUT2D eigenvalue weighted by Crippen LogP contribution is -2.18. The van der Waals surface area contributed by atoms with Gasteiger partial charge in [0.15, 0.2) is 0 Å². The average Bonchev–Trinajstić information content (AvgIpc) is 2.76. The molecule has 0 bridgehead atoms. The zero-order valence-corrected chi connectivity index (χ0v) is 11.7. The Balaban J connectivity index is 2.25. The first-order valence-electron chi connectivity index (χ1n) is 5.83. The molecule has 0 saturated heterocycles. The van der Waals surface area contributed by atoms with E-state index in [4.69, 9.17) is 5.73 Å². The first-order valence-corrected chi connectivity index (χ1v) is 6.62. The fourth-order valence-electron chi connectivity index (χ4n) is 1.98. The Labute approximate surface area is 114 Å². The largest absolute Gasteiger partial charge is 0.335 e. The zero-order valence-electron chi connectivity index (χ0n) is 10.1. The van der Waals surface area contributed by atoms with Gasteiger partial charge in [0, 0.05) is 41.4 Å². The van der Waals surface area contributed by atoms with Crippen molar-refractivity contribution in [2.75, 3.05) is 0 Å². The van der Waals surface area contributed by atoms with Gasteiger partial charge in [0.1, 0.15) is 11.6 Å². The van der Waals surface area contributed by atoms with Crippen molar-refractivity contribution in [3.63, 3.8) is 0 Å². The second-order valence-corrected chi connectivity index (χ2v) is 4.93. The number of halogens is 2. The van der Waals surface area contributed by atoms with Crippen molar-refractivity contribution in [1.82, 2.24) is 9.55 Å². The molecule has 1 aromatic carbocycles. The molecular weight excluding hydrogens is 297 g/mol. The summed E-state index contributed by atoms with van der Waals surface area (Å²) in [7, 11) is 0. The number of hydrogen-bond acceptors (Lipinski definition) is 2. The van der Waals surface area contributed by atoms with E-state index >= 15 is 0 Å².